The molecule has 1 aromatic heterocycles. The van der Waals surface area contributed by atoms with E-state index in [4.69, 9.17) is 23.5 Å². The van der Waals surface area contributed by atoms with Crippen molar-refractivity contribution in [3.05, 3.63) is 36.1 Å². The van der Waals surface area contributed by atoms with Crippen molar-refractivity contribution in [2.24, 2.45) is 11.8 Å². The number of aromatic nitrogens is 1. The van der Waals surface area contributed by atoms with Crippen LogP contribution in [0.3, 0.4) is 0 Å². The smallest absolute Gasteiger partial charge is 0.235 e. The fourth-order valence-electron chi connectivity index (χ4n) is 4.85. The summed E-state index contributed by atoms with van der Waals surface area (Å²) in [5.74, 6) is 0.366. The van der Waals surface area contributed by atoms with Crippen LogP contribution in [0.1, 0.15) is 5.76 Å². The molecule has 168 valence electrons. The molecule has 2 fully saturated rings. The molecular weight excluding hydrogens is 418 g/mol. The maximum absolute atomic E-state index is 13.3. The van der Waals surface area contributed by atoms with Crippen molar-refractivity contribution in [2.75, 3.05) is 38.1 Å². The van der Waals surface area contributed by atoms with Crippen molar-refractivity contribution >= 4 is 23.3 Å². The Hall–Kier alpha value is -3.53. The molecule has 2 saturated heterocycles. The molecule has 2 aromatic rings. The first-order chi connectivity index (χ1) is 15.4. The molecule has 2 amide bonds. The van der Waals surface area contributed by atoms with Crippen molar-refractivity contribution in [3.8, 4) is 17.2 Å². The zero-order valence-corrected chi connectivity index (χ0v) is 18.1. The molecule has 1 N–H and O–H groups in total. The molecule has 32 heavy (non-hydrogen) atoms. The number of carbonyl (C=O) groups is 2. The zero-order chi connectivity index (χ0) is 22.6. The molecule has 5 rings (SSSR count). The van der Waals surface area contributed by atoms with Gasteiger partial charge in [0.05, 0.1) is 45.8 Å². The minimum atomic E-state index is -0.855. The van der Waals surface area contributed by atoms with Gasteiger partial charge in [0.15, 0.2) is 17.3 Å². The van der Waals surface area contributed by atoms with Crippen molar-refractivity contribution < 1.29 is 33.1 Å². The number of aryl methyl sites for hydroxylation is 1. The lowest BCUT2D eigenvalue weighted by Crippen LogP contribution is -2.41. The summed E-state index contributed by atoms with van der Waals surface area (Å²) in [6.07, 6.45) is 3.25. The second-order valence-electron chi connectivity index (χ2n) is 8.02. The van der Waals surface area contributed by atoms with Crippen molar-refractivity contribution in [1.82, 2.24) is 5.16 Å². The zero-order valence-electron chi connectivity index (χ0n) is 18.1. The SMILES string of the molecule is COc1cc(NC(=O)C2C3C(=O)N(c4cc(C)on4)C[C@]34C=C[C@H]2O4)cc(OC)c1OC. The first-order valence-corrected chi connectivity index (χ1v) is 10.1. The van der Waals surface area contributed by atoms with Crippen LogP contribution in [0.25, 0.3) is 0 Å². The summed E-state index contributed by atoms with van der Waals surface area (Å²) >= 11 is 0. The number of fused-ring (bicyclic) bond motifs is 1. The molecule has 10 nitrogen and oxygen atoms in total. The summed E-state index contributed by atoms with van der Waals surface area (Å²) in [7, 11) is 4.50. The van der Waals surface area contributed by atoms with Gasteiger partial charge in [-0.05, 0) is 6.92 Å². The number of methoxy groups -OCH3 is 3. The van der Waals surface area contributed by atoms with Gasteiger partial charge in [0.25, 0.3) is 0 Å². The third-order valence-electron chi connectivity index (χ3n) is 6.23. The van der Waals surface area contributed by atoms with Crippen LogP contribution >= 0.6 is 0 Å². The predicted octanol–water partition coefficient (Wildman–Crippen LogP) is 1.93. The quantitative estimate of drug-likeness (QED) is 0.677. The maximum atomic E-state index is 13.3. The third kappa shape index (κ3) is 2.86. The van der Waals surface area contributed by atoms with Crippen molar-refractivity contribution in [1.29, 1.82) is 0 Å². The largest absolute Gasteiger partial charge is 0.493 e. The molecule has 1 spiro atoms. The Bertz CT molecular complexity index is 1100. The lowest BCUT2D eigenvalue weighted by atomic mass is 9.77. The molecule has 3 aliphatic rings. The molecule has 3 aliphatic heterocycles. The number of ether oxygens (including phenoxy) is 4. The average molecular weight is 441 g/mol. The van der Waals surface area contributed by atoms with E-state index in [9.17, 15) is 9.59 Å². The fourth-order valence-corrected chi connectivity index (χ4v) is 4.85. The number of nitrogens with zero attached hydrogens (tertiary/aromatic N) is 2. The summed E-state index contributed by atoms with van der Waals surface area (Å²) in [6, 6.07) is 4.97. The summed E-state index contributed by atoms with van der Waals surface area (Å²) in [5, 5.41) is 6.84. The topological polar surface area (TPSA) is 112 Å². The molecule has 0 saturated carbocycles. The van der Waals surface area contributed by atoms with Crippen LogP contribution in [0, 0.1) is 18.8 Å². The van der Waals surface area contributed by atoms with Gasteiger partial charge in [-0.15, -0.1) is 0 Å². The van der Waals surface area contributed by atoms with Crippen molar-refractivity contribution in [3.63, 3.8) is 0 Å². The molecule has 0 aliphatic carbocycles. The minimum Gasteiger partial charge on any atom is -0.493 e. The van der Waals surface area contributed by atoms with E-state index in [2.05, 4.69) is 10.5 Å². The van der Waals surface area contributed by atoms with Crippen LogP contribution < -0.4 is 24.4 Å². The number of rotatable bonds is 6. The second kappa shape index (κ2) is 7.27. The summed E-state index contributed by atoms with van der Waals surface area (Å²) in [5.41, 5.74) is -0.397. The Morgan fingerprint density at radius 3 is 2.50 bits per heavy atom. The van der Waals surface area contributed by atoms with Gasteiger partial charge in [0.2, 0.25) is 17.6 Å². The first-order valence-electron chi connectivity index (χ1n) is 10.1. The number of amides is 2. The number of hydrogen-bond donors (Lipinski definition) is 1. The lowest BCUT2D eigenvalue weighted by Gasteiger charge is -2.23. The number of anilines is 2. The van der Waals surface area contributed by atoms with Gasteiger partial charge in [-0.1, -0.05) is 17.3 Å². The normalized spacial score (nSPS) is 27.6. The Morgan fingerprint density at radius 1 is 1.19 bits per heavy atom. The van der Waals surface area contributed by atoms with E-state index in [1.54, 1.807) is 25.1 Å². The van der Waals surface area contributed by atoms with E-state index >= 15 is 0 Å². The van der Waals surface area contributed by atoms with E-state index in [1.165, 1.54) is 26.2 Å². The summed E-state index contributed by atoms with van der Waals surface area (Å²) in [6.45, 7) is 2.04. The maximum Gasteiger partial charge on any atom is 0.235 e. The number of benzene rings is 1. The molecule has 0 radical (unpaired) electrons. The van der Waals surface area contributed by atoms with Gasteiger partial charge in [-0.3, -0.25) is 14.5 Å². The molecule has 2 bridgehead atoms. The minimum absolute atomic E-state index is 0.213. The van der Waals surface area contributed by atoms with Crippen LogP contribution in [-0.4, -0.2) is 56.6 Å². The summed E-state index contributed by atoms with van der Waals surface area (Å²) < 4.78 is 27.3. The Morgan fingerprint density at radius 2 is 1.91 bits per heavy atom. The van der Waals surface area contributed by atoms with Gasteiger partial charge in [-0.25, -0.2) is 0 Å². The molecule has 2 unspecified atom stereocenters. The number of carbonyl (C=O) groups excluding carboxylic acids is 2. The van der Waals surface area contributed by atoms with Crippen LogP contribution in [0.4, 0.5) is 11.5 Å². The van der Waals surface area contributed by atoms with E-state index in [1.807, 2.05) is 12.2 Å². The van der Waals surface area contributed by atoms with E-state index in [-0.39, 0.29) is 18.4 Å². The predicted molar refractivity (Wildman–Crippen MR) is 112 cm³/mol. The fraction of sp³-hybridized carbons (Fsp3) is 0.409. The van der Waals surface area contributed by atoms with Gasteiger partial charge in [0, 0.05) is 23.9 Å². The van der Waals surface area contributed by atoms with E-state index in [0.29, 0.717) is 34.5 Å². The van der Waals surface area contributed by atoms with Gasteiger partial charge in [-0.2, -0.15) is 0 Å². The van der Waals surface area contributed by atoms with Gasteiger partial charge in [0.1, 0.15) is 11.4 Å². The number of hydrogen-bond acceptors (Lipinski definition) is 8. The average Bonchev–Trinajstić information content (AvgIpc) is 3.53. The highest BCUT2D eigenvalue weighted by Gasteiger charge is 2.67. The van der Waals surface area contributed by atoms with Crippen LogP contribution in [0.5, 0.6) is 17.2 Å². The molecule has 4 heterocycles. The van der Waals surface area contributed by atoms with Gasteiger partial charge >= 0.3 is 0 Å². The lowest BCUT2D eigenvalue weighted by molar-refractivity contribution is -0.128. The highest BCUT2D eigenvalue weighted by molar-refractivity contribution is 6.05. The Labute approximate surface area is 184 Å². The molecule has 4 atom stereocenters. The highest BCUT2D eigenvalue weighted by Crippen LogP contribution is 2.53. The Balaban J connectivity index is 1.43. The van der Waals surface area contributed by atoms with E-state index < -0.39 is 23.5 Å². The van der Waals surface area contributed by atoms with E-state index in [0.717, 1.165) is 0 Å². The van der Waals surface area contributed by atoms with Crippen molar-refractivity contribution in [2.45, 2.75) is 18.6 Å². The van der Waals surface area contributed by atoms with Gasteiger partial charge < -0.3 is 28.8 Å². The monoisotopic (exact) mass is 441 g/mol. The summed E-state index contributed by atoms with van der Waals surface area (Å²) in [4.78, 5) is 28.2. The molecular formula is C22H23N3O7. The third-order valence-corrected chi connectivity index (χ3v) is 6.23. The first kappa shape index (κ1) is 20.4. The Kier molecular flexibility index (Phi) is 4.63. The molecule has 1 aromatic carbocycles. The van der Waals surface area contributed by atoms with Crippen LogP contribution in [0.15, 0.2) is 34.9 Å². The van der Waals surface area contributed by atoms with Crippen LogP contribution in [0.2, 0.25) is 0 Å². The molecule has 10 heteroatoms. The van der Waals surface area contributed by atoms with Crippen LogP contribution in [-0.2, 0) is 14.3 Å². The highest BCUT2D eigenvalue weighted by atomic mass is 16.5. The second-order valence-corrected chi connectivity index (χ2v) is 8.02. The number of nitrogens with one attached hydrogen (secondary N) is 1. The standard InChI is InChI=1S/C22H23N3O7/c1-11-7-16(24-32-11)25-10-22-6-5-13(31-22)17(18(22)21(25)27)20(26)23-12-8-14(28-2)19(30-4)15(9-12)29-3/h5-9,13,17-18H,10H2,1-4H3,(H,23,26)/t13-,17?,18?,22-/m1/s1.